The van der Waals surface area contributed by atoms with Gasteiger partial charge in [0.25, 0.3) is 0 Å². The zero-order valence-electron chi connectivity index (χ0n) is 21.1. The summed E-state index contributed by atoms with van der Waals surface area (Å²) in [5, 5.41) is 9.35. The van der Waals surface area contributed by atoms with Gasteiger partial charge in [0.05, 0.1) is 24.2 Å². The van der Waals surface area contributed by atoms with E-state index in [0.717, 1.165) is 29.9 Å². The lowest BCUT2D eigenvalue weighted by molar-refractivity contribution is -0.136. The molecule has 4 rings (SSSR count). The zero-order chi connectivity index (χ0) is 25.7. The quantitative estimate of drug-likeness (QED) is 0.347. The van der Waals surface area contributed by atoms with E-state index in [9.17, 15) is 4.79 Å². The topological polar surface area (TPSA) is 65.0 Å². The Hall–Kier alpha value is -3.18. The van der Waals surface area contributed by atoms with Gasteiger partial charge >= 0.3 is 5.97 Å². The Morgan fingerprint density at radius 3 is 2.58 bits per heavy atom. The molecule has 0 saturated heterocycles. The molecule has 1 aliphatic heterocycles. The highest BCUT2D eigenvalue weighted by Crippen LogP contribution is 2.43. The zero-order valence-corrected chi connectivity index (χ0v) is 21.8. The van der Waals surface area contributed by atoms with Gasteiger partial charge in [0.15, 0.2) is 0 Å². The number of rotatable bonds is 11. The lowest BCUT2D eigenvalue weighted by Gasteiger charge is -2.25. The summed E-state index contributed by atoms with van der Waals surface area (Å²) in [6, 6.07) is 15.5. The van der Waals surface area contributed by atoms with E-state index in [1.807, 2.05) is 13.0 Å². The summed E-state index contributed by atoms with van der Waals surface area (Å²) in [7, 11) is 0. The Balaban J connectivity index is 1.40. The third-order valence-electron chi connectivity index (χ3n) is 6.26. The highest BCUT2D eigenvalue weighted by Gasteiger charge is 2.31. The molecule has 2 aromatic rings. The van der Waals surface area contributed by atoms with Crippen molar-refractivity contribution >= 4 is 23.1 Å². The molecule has 5 nitrogen and oxygen atoms in total. The van der Waals surface area contributed by atoms with E-state index in [1.165, 1.54) is 16.7 Å². The van der Waals surface area contributed by atoms with Gasteiger partial charge in [-0.05, 0) is 55.0 Å². The Morgan fingerprint density at radius 2 is 1.89 bits per heavy atom. The van der Waals surface area contributed by atoms with E-state index in [0.29, 0.717) is 41.9 Å². The number of benzene rings is 2. The molecule has 0 fully saturated rings. The number of hydrogen-bond donors (Lipinski definition) is 1. The predicted molar refractivity (Wildman–Crippen MR) is 142 cm³/mol. The third kappa shape index (κ3) is 6.33. The third-order valence-corrected chi connectivity index (χ3v) is 6.55. The number of carboxylic acids is 1. The molecule has 0 radical (unpaired) electrons. The molecule has 1 aliphatic carbocycles. The second kappa shape index (κ2) is 11.7. The molecule has 0 saturated carbocycles. The van der Waals surface area contributed by atoms with Gasteiger partial charge in [-0.3, -0.25) is 4.79 Å². The van der Waals surface area contributed by atoms with Crippen molar-refractivity contribution in [2.75, 3.05) is 13.2 Å². The molecule has 0 amide bonds. The van der Waals surface area contributed by atoms with E-state index in [1.54, 1.807) is 18.2 Å². The standard InChI is InChI=1S/C30H33ClO5/c1-19(2)15-24-27(12-10-23-25(18-35-30(23)24)22-7-5-4-6-8-22)36-20(3)13-14-34-28-11-9-21(16-26(28)31)17-29(32)33/h4-9,11-12,16,19-20H,10,13-15,17-18H2,1-3H3,(H,32,33). The van der Waals surface area contributed by atoms with E-state index < -0.39 is 5.97 Å². The van der Waals surface area contributed by atoms with Gasteiger partial charge in [-0.2, -0.15) is 0 Å². The first-order chi connectivity index (χ1) is 17.3. The van der Waals surface area contributed by atoms with Gasteiger partial charge in [0.2, 0.25) is 0 Å². The van der Waals surface area contributed by atoms with Crippen LogP contribution in [0.2, 0.25) is 5.02 Å². The molecule has 1 atom stereocenters. The lowest BCUT2D eigenvalue weighted by Crippen LogP contribution is -2.16. The summed E-state index contributed by atoms with van der Waals surface area (Å²) in [6.07, 6.45) is 4.40. The number of allylic oxidation sites excluding steroid dienone is 3. The molecular formula is C30H33ClO5. The fraction of sp³-hybridized carbons (Fsp3) is 0.367. The number of aliphatic carboxylic acids is 1. The molecule has 1 N–H and O–H groups in total. The number of fused-ring (bicyclic) bond motifs is 1. The number of halogens is 1. The molecule has 2 aromatic carbocycles. The molecule has 2 aliphatic rings. The number of carbonyl (C=O) groups is 1. The molecule has 36 heavy (non-hydrogen) atoms. The summed E-state index contributed by atoms with van der Waals surface area (Å²) < 4.78 is 18.5. The largest absolute Gasteiger partial charge is 0.492 e. The molecule has 6 heteroatoms. The van der Waals surface area contributed by atoms with Crippen molar-refractivity contribution in [1.29, 1.82) is 0 Å². The minimum atomic E-state index is -0.892. The van der Waals surface area contributed by atoms with Crippen molar-refractivity contribution < 1.29 is 24.1 Å². The second-order valence-corrected chi connectivity index (χ2v) is 10.1. The van der Waals surface area contributed by atoms with Gasteiger partial charge in [0, 0.05) is 23.1 Å². The maximum atomic E-state index is 10.9. The summed E-state index contributed by atoms with van der Waals surface area (Å²) in [5.41, 5.74) is 5.52. The SMILES string of the molecule is CC(C)CC1=C2OCC(c3ccccc3)=C2CC=C1OC(C)CCOc1ccc(CC(=O)O)cc1Cl. The minimum absolute atomic E-state index is 0.0652. The predicted octanol–water partition coefficient (Wildman–Crippen LogP) is 7.21. The van der Waals surface area contributed by atoms with E-state index in [4.69, 9.17) is 30.9 Å². The van der Waals surface area contributed by atoms with Crippen molar-refractivity contribution in [2.45, 2.75) is 52.6 Å². The highest BCUT2D eigenvalue weighted by molar-refractivity contribution is 6.32. The molecule has 0 bridgehead atoms. The fourth-order valence-corrected chi connectivity index (χ4v) is 4.80. The molecular weight excluding hydrogens is 476 g/mol. The van der Waals surface area contributed by atoms with Gasteiger partial charge in [-0.25, -0.2) is 0 Å². The maximum Gasteiger partial charge on any atom is 0.307 e. The average molecular weight is 509 g/mol. The first kappa shape index (κ1) is 25.9. The minimum Gasteiger partial charge on any atom is -0.492 e. The molecule has 190 valence electrons. The molecule has 1 unspecified atom stereocenters. The summed E-state index contributed by atoms with van der Waals surface area (Å²) in [5.74, 6) is 2.00. The average Bonchev–Trinajstić information content (AvgIpc) is 3.26. The van der Waals surface area contributed by atoms with Crippen LogP contribution in [0.1, 0.15) is 51.2 Å². The van der Waals surface area contributed by atoms with Crippen LogP contribution in [-0.2, 0) is 20.7 Å². The van der Waals surface area contributed by atoms with E-state index in [-0.39, 0.29) is 12.5 Å². The number of carboxylic acid groups (broad SMARTS) is 1. The number of hydrogen-bond acceptors (Lipinski definition) is 4. The van der Waals surface area contributed by atoms with Gasteiger partial charge < -0.3 is 19.3 Å². The number of ether oxygens (including phenoxy) is 3. The normalized spacial score (nSPS) is 16.0. The summed E-state index contributed by atoms with van der Waals surface area (Å²) >= 11 is 6.28. The summed E-state index contributed by atoms with van der Waals surface area (Å²) in [6.45, 7) is 7.47. The van der Waals surface area contributed by atoms with Crippen LogP contribution in [0.15, 0.2) is 77.3 Å². The second-order valence-electron chi connectivity index (χ2n) is 9.69. The monoisotopic (exact) mass is 508 g/mol. The highest BCUT2D eigenvalue weighted by atomic mass is 35.5. The van der Waals surface area contributed by atoms with Gasteiger partial charge in [-0.1, -0.05) is 61.8 Å². The van der Waals surface area contributed by atoms with E-state index >= 15 is 0 Å². The van der Waals surface area contributed by atoms with Crippen LogP contribution in [0.4, 0.5) is 0 Å². The Bertz CT molecular complexity index is 1190. The Morgan fingerprint density at radius 1 is 1.11 bits per heavy atom. The first-order valence-corrected chi connectivity index (χ1v) is 12.8. The maximum absolute atomic E-state index is 10.9. The molecule has 0 aromatic heterocycles. The van der Waals surface area contributed by atoms with Crippen LogP contribution in [0.25, 0.3) is 5.57 Å². The molecule has 1 heterocycles. The van der Waals surface area contributed by atoms with Crippen molar-refractivity contribution in [3.8, 4) is 5.75 Å². The first-order valence-electron chi connectivity index (χ1n) is 12.5. The Labute approximate surface area is 218 Å². The van der Waals surface area contributed by atoms with Crippen LogP contribution in [0.5, 0.6) is 5.75 Å². The Kier molecular flexibility index (Phi) is 8.42. The molecule has 0 spiro atoms. The van der Waals surface area contributed by atoms with Crippen LogP contribution in [0, 0.1) is 5.92 Å². The van der Waals surface area contributed by atoms with Gasteiger partial charge in [0.1, 0.15) is 23.9 Å². The van der Waals surface area contributed by atoms with Crippen LogP contribution in [0.3, 0.4) is 0 Å². The fourth-order valence-electron chi connectivity index (χ4n) is 4.54. The van der Waals surface area contributed by atoms with Crippen molar-refractivity contribution in [2.24, 2.45) is 5.92 Å². The van der Waals surface area contributed by atoms with Crippen molar-refractivity contribution in [1.82, 2.24) is 0 Å². The van der Waals surface area contributed by atoms with Crippen LogP contribution >= 0.6 is 11.6 Å². The van der Waals surface area contributed by atoms with Crippen LogP contribution < -0.4 is 4.74 Å². The summed E-state index contributed by atoms with van der Waals surface area (Å²) in [4.78, 5) is 10.9. The van der Waals surface area contributed by atoms with E-state index in [2.05, 4.69) is 44.2 Å². The van der Waals surface area contributed by atoms with Crippen molar-refractivity contribution in [3.63, 3.8) is 0 Å². The lowest BCUT2D eigenvalue weighted by atomic mass is 9.89. The van der Waals surface area contributed by atoms with Gasteiger partial charge in [-0.15, -0.1) is 0 Å². The van der Waals surface area contributed by atoms with Crippen molar-refractivity contribution in [3.05, 3.63) is 93.4 Å². The van der Waals surface area contributed by atoms with Crippen LogP contribution in [-0.4, -0.2) is 30.4 Å². The smallest absolute Gasteiger partial charge is 0.307 e.